The van der Waals surface area contributed by atoms with Crippen LogP contribution in [0.25, 0.3) is 0 Å². The predicted octanol–water partition coefficient (Wildman–Crippen LogP) is 3.56. The molecule has 3 atom stereocenters. The molecule has 2 bridgehead atoms. The first-order valence-electron chi connectivity index (χ1n) is 7.77. The molecule has 1 amide bonds. The van der Waals surface area contributed by atoms with Crippen molar-refractivity contribution in [3.8, 4) is 0 Å². The first-order valence-corrected chi connectivity index (χ1v) is 7.77. The summed E-state index contributed by atoms with van der Waals surface area (Å²) in [7, 11) is 0. The lowest BCUT2D eigenvalue weighted by Crippen LogP contribution is -2.47. The van der Waals surface area contributed by atoms with Crippen LogP contribution in [-0.4, -0.2) is 11.9 Å². The largest absolute Gasteiger partial charge is 0.353 e. The Bertz CT molecular complexity index is 507. The molecule has 0 unspecified atom stereocenters. The molecule has 1 aromatic carbocycles. The van der Waals surface area contributed by atoms with Crippen LogP contribution in [0.3, 0.4) is 0 Å². The lowest BCUT2D eigenvalue weighted by molar-refractivity contribution is -0.122. The van der Waals surface area contributed by atoms with Crippen molar-refractivity contribution in [1.82, 2.24) is 5.32 Å². The topological polar surface area (TPSA) is 29.1 Å². The van der Waals surface area contributed by atoms with E-state index in [9.17, 15) is 4.79 Å². The highest BCUT2D eigenvalue weighted by molar-refractivity contribution is 5.79. The normalized spacial score (nSPS) is 34.1. The van der Waals surface area contributed by atoms with E-state index in [1.54, 1.807) is 0 Å². The number of hydrogen-bond donors (Lipinski definition) is 1. The zero-order valence-corrected chi connectivity index (χ0v) is 12.8. The molecule has 2 saturated carbocycles. The number of hydrogen-bond acceptors (Lipinski definition) is 1. The standard InChI is InChI=1S/C18H25NO/c1-17(2)14-9-10-18(17,3)15(12-14)19-16(20)11-13-7-5-4-6-8-13/h4-8,14-15H,9-12H2,1-3H3,(H,19,20)/t14-,15+,18-/m0/s1. The summed E-state index contributed by atoms with van der Waals surface area (Å²) in [4.78, 5) is 12.3. The van der Waals surface area contributed by atoms with Crippen LogP contribution >= 0.6 is 0 Å². The summed E-state index contributed by atoms with van der Waals surface area (Å²) in [6.45, 7) is 7.13. The van der Waals surface area contributed by atoms with Crippen LogP contribution in [-0.2, 0) is 11.2 Å². The van der Waals surface area contributed by atoms with E-state index in [0.29, 0.717) is 17.9 Å². The smallest absolute Gasteiger partial charge is 0.224 e. The van der Waals surface area contributed by atoms with Crippen molar-refractivity contribution in [2.45, 2.75) is 52.5 Å². The van der Waals surface area contributed by atoms with Gasteiger partial charge in [-0.2, -0.15) is 0 Å². The van der Waals surface area contributed by atoms with E-state index in [4.69, 9.17) is 0 Å². The van der Waals surface area contributed by atoms with Gasteiger partial charge in [-0.3, -0.25) is 4.79 Å². The summed E-state index contributed by atoms with van der Waals surface area (Å²) < 4.78 is 0. The van der Waals surface area contributed by atoms with Gasteiger partial charge in [0.15, 0.2) is 0 Å². The zero-order chi connectivity index (χ0) is 14.4. The van der Waals surface area contributed by atoms with Crippen LogP contribution < -0.4 is 5.32 Å². The summed E-state index contributed by atoms with van der Waals surface area (Å²) in [6, 6.07) is 10.4. The van der Waals surface area contributed by atoms with Crippen molar-refractivity contribution >= 4 is 5.91 Å². The van der Waals surface area contributed by atoms with Crippen molar-refractivity contribution in [3.05, 3.63) is 35.9 Å². The highest BCUT2D eigenvalue weighted by atomic mass is 16.1. The van der Waals surface area contributed by atoms with Gasteiger partial charge in [0, 0.05) is 6.04 Å². The quantitative estimate of drug-likeness (QED) is 0.895. The van der Waals surface area contributed by atoms with Gasteiger partial charge in [0.05, 0.1) is 6.42 Å². The fourth-order valence-electron chi connectivity index (χ4n) is 4.45. The van der Waals surface area contributed by atoms with Crippen molar-refractivity contribution in [2.75, 3.05) is 0 Å². The van der Waals surface area contributed by atoms with Gasteiger partial charge in [-0.15, -0.1) is 0 Å². The highest BCUT2D eigenvalue weighted by Crippen LogP contribution is 2.65. The van der Waals surface area contributed by atoms with Crippen LogP contribution in [0.4, 0.5) is 0 Å². The van der Waals surface area contributed by atoms with Gasteiger partial charge in [-0.05, 0) is 41.6 Å². The first kappa shape index (κ1) is 13.7. The fraction of sp³-hybridized carbons (Fsp3) is 0.611. The minimum Gasteiger partial charge on any atom is -0.353 e. The van der Waals surface area contributed by atoms with E-state index in [-0.39, 0.29) is 11.3 Å². The number of nitrogens with one attached hydrogen (secondary N) is 1. The Morgan fingerprint density at radius 2 is 1.95 bits per heavy atom. The Morgan fingerprint density at radius 3 is 2.50 bits per heavy atom. The molecule has 2 fully saturated rings. The number of benzene rings is 1. The number of carbonyl (C=O) groups is 1. The molecule has 0 radical (unpaired) electrons. The van der Waals surface area contributed by atoms with Gasteiger partial charge in [-0.1, -0.05) is 51.1 Å². The second kappa shape index (κ2) is 4.61. The Hall–Kier alpha value is -1.31. The predicted molar refractivity (Wildman–Crippen MR) is 81.3 cm³/mol. The monoisotopic (exact) mass is 271 g/mol. The number of carbonyl (C=O) groups excluding carboxylic acids is 1. The zero-order valence-electron chi connectivity index (χ0n) is 12.8. The molecule has 0 heterocycles. The van der Waals surface area contributed by atoms with Gasteiger partial charge in [0.2, 0.25) is 5.91 Å². The molecule has 2 aliphatic rings. The average molecular weight is 271 g/mol. The molecule has 2 aliphatic carbocycles. The summed E-state index contributed by atoms with van der Waals surface area (Å²) in [6.07, 6.45) is 4.23. The maximum Gasteiger partial charge on any atom is 0.224 e. The van der Waals surface area contributed by atoms with E-state index < -0.39 is 0 Å². The van der Waals surface area contributed by atoms with Crippen LogP contribution in [0, 0.1) is 16.7 Å². The second-order valence-corrected chi connectivity index (χ2v) is 7.39. The molecule has 0 aromatic heterocycles. The molecular formula is C18H25NO. The maximum atomic E-state index is 12.3. The molecule has 1 aromatic rings. The summed E-state index contributed by atoms with van der Waals surface area (Å²) in [5.41, 5.74) is 1.72. The minimum atomic E-state index is 0.172. The molecule has 3 rings (SSSR count). The molecule has 2 heteroatoms. The Balaban J connectivity index is 1.66. The highest BCUT2D eigenvalue weighted by Gasteiger charge is 2.61. The Kier molecular flexibility index (Phi) is 3.15. The Morgan fingerprint density at radius 1 is 1.25 bits per heavy atom. The van der Waals surface area contributed by atoms with Crippen molar-refractivity contribution in [2.24, 2.45) is 16.7 Å². The van der Waals surface area contributed by atoms with E-state index in [2.05, 4.69) is 26.1 Å². The molecule has 0 spiro atoms. The third kappa shape index (κ3) is 1.97. The van der Waals surface area contributed by atoms with Crippen LogP contribution in [0.15, 0.2) is 30.3 Å². The van der Waals surface area contributed by atoms with E-state index in [1.807, 2.05) is 30.3 Å². The van der Waals surface area contributed by atoms with E-state index >= 15 is 0 Å². The SMILES string of the molecule is CC1(C)[C@H]2CC[C@@]1(C)[C@H](NC(=O)Cc1ccccc1)C2. The van der Waals surface area contributed by atoms with Gasteiger partial charge in [0.1, 0.15) is 0 Å². The molecule has 108 valence electrons. The molecule has 2 nitrogen and oxygen atoms in total. The molecule has 20 heavy (non-hydrogen) atoms. The van der Waals surface area contributed by atoms with Gasteiger partial charge in [-0.25, -0.2) is 0 Å². The van der Waals surface area contributed by atoms with Crippen molar-refractivity contribution < 1.29 is 4.79 Å². The van der Waals surface area contributed by atoms with Gasteiger partial charge < -0.3 is 5.32 Å². The lowest BCUT2D eigenvalue weighted by atomic mass is 9.69. The van der Waals surface area contributed by atoms with Crippen LogP contribution in [0.1, 0.15) is 45.6 Å². The average Bonchev–Trinajstić information content (AvgIpc) is 2.73. The minimum absolute atomic E-state index is 0.172. The number of amides is 1. The summed E-state index contributed by atoms with van der Waals surface area (Å²) in [5.74, 6) is 0.945. The van der Waals surface area contributed by atoms with Crippen LogP contribution in [0.5, 0.6) is 0 Å². The van der Waals surface area contributed by atoms with Gasteiger partial charge in [0.25, 0.3) is 0 Å². The van der Waals surface area contributed by atoms with Crippen molar-refractivity contribution in [3.63, 3.8) is 0 Å². The number of fused-ring (bicyclic) bond motifs is 2. The molecule has 1 N–H and O–H groups in total. The summed E-state index contributed by atoms with van der Waals surface area (Å²) in [5, 5.41) is 3.32. The Labute approximate surface area is 122 Å². The summed E-state index contributed by atoms with van der Waals surface area (Å²) >= 11 is 0. The molecular weight excluding hydrogens is 246 g/mol. The van der Waals surface area contributed by atoms with Gasteiger partial charge >= 0.3 is 0 Å². The van der Waals surface area contributed by atoms with Crippen LogP contribution in [0.2, 0.25) is 0 Å². The first-order chi connectivity index (χ1) is 9.43. The second-order valence-electron chi connectivity index (χ2n) is 7.39. The molecule has 0 saturated heterocycles. The number of rotatable bonds is 3. The van der Waals surface area contributed by atoms with Crippen molar-refractivity contribution in [1.29, 1.82) is 0 Å². The lowest BCUT2D eigenvalue weighted by Gasteiger charge is -2.39. The van der Waals surface area contributed by atoms with E-state index in [1.165, 1.54) is 12.8 Å². The van der Waals surface area contributed by atoms with E-state index in [0.717, 1.165) is 17.9 Å². The molecule has 0 aliphatic heterocycles. The maximum absolute atomic E-state index is 12.3. The fourth-order valence-corrected chi connectivity index (χ4v) is 4.45. The third-order valence-corrected chi connectivity index (χ3v) is 6.34. The third-order valence-electron chi connectivity index (χ3n) is 6.34.